The summed E-state index contributed by atoms with van der Waals surface area (Å²) in [5, 5.41) is 17.5. The minimum absolute atomic E-state index is 0.0464. The number of hydrogen-bond acceptors (Lipinski definition) is 5. The highest BCUT2D eigenvalue weighted by Crippen LogP contribution is 2.44. The maximum absolute atomic E-state index is 10.8. The normalized spacial score (nSPS) is 28.9. The number of nitrogens with one attached hydrogen (secondary N) is 2. The van der Waals surface area contributed by atoms with E-state index in [2.05, 4.69) is 31.5 Å². The molecule has 2 atom stereocenters. The Labute approximate surface area is 112 Å². The van der Waals surface area contributed by atoms with Gasteiger partial charge in [-0.3, -0.25) is 10.1 Å². The van der Waals surface area contributed by atoms with Crippen molar-refractivity contribution in [1.82, 2.24) is 10.3 Å². The molecule has 7 heteroatoms. The molecule has 2 fully saturated rings. The maximum atomic E-state index is 10.8. The molecule has 96 valence electrons. The van der Waals surface area contributed by atoms with Gasteiger partial charge in [0.05, 0.1) is 9.40 Å². The van der Waals surface area contributed by atoms with Crippen LogP contribution in [0, 0.1) is 28.9 Å². The van der Waals surface area contributed by atoms with Crippen LogP contribution < -0.4 is 10.6 Å². The van der Waals surface area contributed by atoms with Crippen LogP contribution in [0.4, 0.5) is 11.5 Å². The molecule has 18 heavy (non-hydrogen) atoms. The predicted molar refractivity (Wildman–Crippen MR) is 70.6 cm³/mol. The number of anilines is 1. The van der Waals surface area contributed by atoms with E-state index in [0.717, 1.165) is 13.1 Å². The van der Waals surface area contributed by atoms with E-state index < -0.39 is 4.92 Å². The molecule has 2 N–H and O–H groups in total. The number of aromatic nitrogens is 1. The third kappa shape index (κ3) is 1.78. The van der Waals surface area contributed by atoms with Crippen molar-refractivity contribution in [2.75, 3.05) is 18.4 Å². The second-order valence-corrected chi connectivity index (χ2v) is 5.64. The number of halogens is 1. The molecule has 1 saturated heterocycles. The van der Waals surface area contributed by atoms with Crippen molar-refractivity contribution < 1.29 is 4.92 Å². The number of pyridine rings is 1. The molecule has 1 aliphatic heterocycles. The predicted octanol–water partition coefficient (Wildman–Crippen LogP) is 1.69. The Bertz CT molecular complexity index is 512. The Kier molecular flexibility index (Phi) is 2.74. The number of piperidine rings is 1. The van der Waals surface area contributed by atoms with Gasteiger partial charge in [0, 0.05) is 24.7 Å². The molecule has 2 heterocycles. The molecule has 0 radical (unpaired) electrons. The standard InChI is InChI=1S/C11H13BrN4O2/c1-5-8(16(17)18)4-14-11(9(5)12)15-10-6-2-13-3-7(6)10/h4,6-7,10,13H,2-3H2,1H3,(H,14,15). The van der Waals surface area contributed by atoms with Crippen molar-refractivity contribution >= 4 is 27.4 Å². The van der Waals surface area contributed by atoms with Gasteiger partial charge in [-0.2, -0.15) is 0 Å². The summed E-state index contributed by atoms with van der Waals surface area (Å²) < 4.78 is 0.689. The highest BCUT2D eigenvalue weighted by Gasteiger charge is 2.53. The zero-order valence-corrected chi connectivity index (χ0v) is 11.4. The zero-order valence-electron chi connectivity index (χ0n) is 9.81. The highest BCUT2D eigenvalue weighted by atomic mass is 79.9. The second kappa shape index (κ2) is 4.17. The van der Waals surface area contributed by atoms with Gasteiger partial charge < -0.3 is 10.6 Å². The third-order valence-corrected chi connectivity index (χ3v) is 4.80. The van der Waals surface area contributed by atoms with Gasteiger partial charge >= 0.3 is 0 Å². The van der Waals surface area contributed by atoms with Gasteiger partial charge in [0.15, 0.2) is 0 Å². The minimum atomic E-state index is -0.410. The Morgan fingerprint density at radius 3 is 2.83 bits per heavy atom. The monoisotopic (exact) mass is 312 g/mol. The van der Waals surface area contributed by atoms with Crippen molar-refractivity contribution in [2.45, 2.75) is 13.0 Å². The van der Waals surface area contributed by atoms with Crippen LogP contribution in [-0.2, 0) is 0 Å². The molecule has 6 nitrogen and oxygen atoms in total. The topological polar surface area (TPSA) is 80.1 Å². The van der Waals surface area contributed by atoms with E-state index >= 15 is 0 Å². The lowest BCUT2D eigenvalue weighted by Crippen LogP contribution is -2.22. The largest absolute Gasteiger partial charge is 0.366 e. The molecule has 0 amide bonds. The van der Waals surface area contributed by atoms with Crippen molar-refractivity contribution in [3.63, 3.8) is 0 Å². The summed E-state index contributed by atoms with van der Waals surface area (Å²) in [5.41, 5.74) is 0.659. The highest BCUT2D eigenvalue weighted by molar-refractivity contribution is 9.10. The molecule has 0 spiro atoms. The smallest absolute Gasteiger partial charge is 0.291 e. The van der Waals surface area contributed by atoms with Gasteiger partial charge in [-0.25, -0.2) is 4.98 Å². The van der Waals surface area contributed by atoms with E-state index in [9.17, 15) is 10.1 Å². The Morgan fingerprint density at radius 1 is 1.56 bits per heavy atom. The van der Waals surface area contributed by atoms with Gasteiger partial charge in [0.25, 0.3) is 5.69 Å². The van der Waals surface area contributed by atoms with Crippen LogP contribution in [0.2, 0.25) is 0 Å². The number of hydrogen-bond donors (Lipinski definition) is 2. The first-order valence-electron chi connectivity index (χ1n) is 5.86. The van der Waals surface area contributed by atoms with Gasteiger partial charge in [-0.15, -0.1) is 0 Å². The average molecular weight is 313 g/mol. The van der Waals surface area contributed by atoms with Gasteiger partial charge in [-0.05, 0) is 34.7 Å². The Morgan fingerprint density at radius 2 is 2.22 bits per heavy atom. The molecule has 2 unspecified atom stereocenters. The summed E-state index contributed by atoms with van der Waals surface area (Å²) in [6.07, 6.45) is 1.32. The molecule has 1 aromatic heterocycles. The molecular weight excluding hydrogens is 300 g/mol. The molecule has 0 aromatic carbocycles. The van der Waals surface area contributed by atoms with E-state index in [1.807, 2.05) is 0 Å². The average Bonchev–Trinajstić information content (AvgIpc) is 2.76. The number of fused-ring (bicyclic) bond motifs is 1. The first kappa shape index (κ1) is 11.9. The fourth-order valence-electron chi connectivity index (χ4n) is 2.64. The third-order valence-electron chi connectivity index (χ3n) is 3.83. The SMILES string of the molecule is Cc1c([N+](=O)[O-])cnc(NC2C3CNCC32)c1Br. The van der Waals surface area contributed by atoms with Crippen LogP contribution >= 0.6 is 15.9 Å². The summed E-state index contributed by atoms with van der Waals surface area (Å²) in [6.45, 7) is 3.82. The molecule has 1 aliphatic carbocycles. The first-order chi connectivity index (χ1) is 8.59. The zero-order chi connectivity index (χ0) is 12.9. The van der Waals surface area contributed by atoms with Crippen LogP contribution in [0.3, 0.4) is 0 Å². The van der Waals surface area contributed by atoms with Crippen LogP contribution in [0.25, 0.3) is 0 Å². The van der Waals surface area contributed by atoms with Crippen molar-refractivity contribution in [3.05, 3.63) is 26.3 Å². The lowest BCUT2D eigenvalue weighted by Gasteiger charge is -2.11. The van der Waals surface area contributed by atoms with E-state index in [0.29, 0.717) is 33.7 Å². The van der Waals surface area contributed by atoms with Crippen LogP contribution in [0.5, 0.6) is 0 Å². The molecule has 2 aliphatic rings. The summed E-state index contributed by atoms with van der Waals surface area (Å²) in [7, 11) is 0. The van der Waals surface area contributed by atoms with Crippen LogP contribution in [0.15, 0.2) is 10.7 Å². The second-order valence-electron chi connectivity index (χ2n) is 4.84. The van der Waals surface area contributed by atoms with Crippen molar-refractivity contribution in [1.29, 1.82) is 0 Å². The summed E-state index contributed by atoms with van der Waals surface area (Å²) >= 11 is 3.39. The Hall–Kier alpha value is -1.21. The summed E-state index contributed by atoms with van der Waals surface area (Å²) in [4.78, 5) is 14.5. The quantitative estimate of drug-likeness (QED) is 0.656. The minimum Gasteiger partial charge on any atom is -0.366 e. The fraction of sp³-hybridized carbons (Fsp3) is 0.545. The van der Waals surface area contributed by atoms with Crippen molar-refractivity contribution in [3.8, 4) is 0 Å². The molecular formula is C11H13BrN4O2. The van der Waals surface area contributed by atoms with Gasteiger partial charge in [0.2, 0.25) is 0 Å². The number of rotatable bonds is 3. The van der Waals surface area contributed by atoms with Crippen LogP contribution in [0.1, 0.15) is 5.56 Å². The first-order valence-corrected chi connectivity index (χ1v) is 6.65. The summed E-state index contributed by atoms with van der Waals surface area (Å²) in [6, 6.07) is 0.455. The van der Waals surface area contributed by atoms with Gasteiger partial charge in [-0.1, -0.05) is 0 Å². The summed E-state index contributed by atoms with van der Waals surface area (Å²) in [5.74, 6) is 2.06. The van der Waals surface area contributed by atoms with E-state index in [1.54, 1.807) is 6.92 Å². The number of nitro groups is 1. The molecule has 1 aromatic rings. The maximum Gasteiger partial charge on any atom is 0.291 e. The molecule has 1 saturated carbocycles. The lowest BCUT2D eigenvalue weighted by atomic mass is 10.2. The van der Waals surface area contributed by atoms with E-state index in [1.165, 1.54) is 6.20 Å². The lowest BCUT2D eigenvalue weighted by molar-refractivity contribution is -0.385. The van der Waals surface area contributed by atoms with Crippen LogP contribution in [-0.4, -0.2) is 29.0 Å². The van der Waals surface area contributed by atoms with Crippen molar-refractivity contribution in [2.24, 2.45) is 11.8 Å². The van der Waals surface area contributed by atoms with Gasteiger partial charge in [0.1, 0.15) is 12.0 Å². The van der Waals surface area contributed by atoms with E-state index in [4.69, 9.17) is 0 Å². The fourth-order valence-corrected chi connectivity index (χ4v) is 3.06. The molecule has 0 bridgehead atoms. The Balaban J connectivity index is 1.81. The number of nitrogens with zero attached hydrogens (tertiary/aromatic N) is 2. The molecule has 3 rings (SSSR count). The van der Waals surface area contributed by atoms with E-state index in [-0.39, 0.29) is 5.69 Å².